The number of nitrogens with zero attached hydrogens (tertiary/aromatic N) is 1. The molecule has 6 heteroatoms. The van der Waals surface area contributed by atoms with Crippen LogP contribution in [0.1, 0.15) is 13.8 Å². The van der Waals surface area contributed by atoms with Crippen molar-refractivity contribution in [2.75, 3.05) is 5.32 Å². The topological polar surface area (TPSA) is 79.3 Å². The fourth-order valence-electron chi connectivity index (χ4n) is 2.27. The molecule has 0 spiro atoms. The third kappa shape index (κ3) is 2.18. The van der Waals surface area contributed by atoms with Crippen molar-refractivity contribution in [3.05, 3.63) is 23.4 Å². The Morgan fingerprint density at radius 2 is 2.06 bits per heavy atom. The fourth-order valence-corrected chi connectivity index (χ4v) is 2.43. The van der Waals surface area contributed by atoms with Gasteiger partial charge in [0.05, 0.1) is 11.8 Å². The van der Waals surface area contributed by atoms with Crippen molar-refractivity contribution >= 4 is 29.3 Å². The monoisotopic (exact) mass is 268 g/mol. The molecular formula is C12H13ClN2O3. The second kappa shape index (κ2) is 4.24. The number of nitrogens with one attached hydrogen (secondary N) is 1. The van der Waals surface area contributed by atoms with E-state index in [-0.39, 0.29) is 11.1 Å². The van der Waals surface area contributed by atoms with E-state index < -0.39 is 23.2 Å². The zero-order chi connectivity index (χ0) is 13.5. The molecule has 1 saturated carbocycles. The molecule has 2 unspecified atom stereocenters. The molecule has 0 aromatic carbocycles. The first kappa shape index (κ1) is 12.8. The van der Waals surface area contributed by atoms with Gasteiger partial charge in [-0.05, 0) is 17.5 Å². The molecule has 2 atom stereocenters. The van der Waals surface area contributed by atoms with Gasteiger partial charge in [-0.2, -0.15) is 0 Å². The van der Waals surface area contributed by atoms with Crippen molar-refractivity contribution in [3.63, 3.8) is 0 Å². The highest BCUT2D eigenvalue weighted by molar-refractivity contribution is 6.29. The summed E-state index contributed by atoms with van der Waals surface area (Å²) in [5.74, 6) is -2.12. The van der Waals surface area contributed by atoms with Gasteiger partial charge in [0.1, 0.15) is 11.0 Å². The summed E-state index contributed by atoms with van der Waals surface area (Å²) in [6, 6.07) is 4.87. The first-order valence-electron chi connectivity index (χ1n) is 5.50. The maximum atomic E-state index is 12.0. The van der Waals surface area contributed by atoms with Gasteiger partial charge < -0.3 is 10.4 Å². The van der Waals surface area contributed by atoms with Crippen LogP contribution in [0.15, 0.2) is 18.2 Å². The van der Waals surface area contributed by atoms with Crippen molar-refractivity contribution < 1.29 is 14.7 Å². The molecule has 5 nitrogen and oxygen atoms in total. The molecule has 0 radical (unpaired) electrons. The summed E-state index contributed by atoms with van der Waals surface area (Å²) in [7, 11) is 0. The second-order valence-electron chi connectivity index (χ2n) is 4.95. The number of aliphatic carboxylic acids is 1. The van der Waals surface area contributed by atoms with Crippen molar-refractivity contribution in [2.24, 2.45) is 17.3 Å². The largest absolute Gasteiger partial charge is 0.481 e. The summed E-state index contributed by atoms with van der Waals surface area (Å²) in [6.45, 7) is 3.53. The zero-order valence-corrected chi connectivity index (χ0v) is 10.7. The summed E-state index contributed by atoms with van der Waals surface area (Å²) in [5.41, 5.74) is -0.519. The lowest BCUT2D eigenvalue weighted by Gasteiger charge is -2.05. The minimum Gasteiger partial charge on any atom is -0.481 e. The van der Waals surface area contributed by atoms with E-state index in [1.165, 1.54) is 0 Å². The maximum absolute atomic E-state index is 12.0. The highest BCUT2D eigenvalue weighted by Crippen LogP contribution is 2.58. The number of aromatic nitrogens is 1. The van der Waals surface area contributed by atoms with E-state index >= 15 is 0 Å². The smallest absolute Gasteiger partial charge is 0.307 e. The average Bonchev–Trinajstić information content (AvgIpc) is 2.81. The second-order valence-corrected chi connectivity index (χ2v) is 5.34. The lowest BCUT2D eigenvalue weighted by Crippen LogP contribution is -2.18. The van der Waals surface area contributed by atoms with Crippen molar-refractivity contribution in [1.82, 2.24) is 4.98 Å². The number of rotatable bonds is 3. The maximum Gasteiger partial charge on any atom is 0.307 e. The highest BCUT2D eigenvalue weighted by atomic mass is 35.5. The van der Waals surface area contributed by atoms with E-state index in [0.717, 1.165) is 0 Å². The van der Waals surface area contributed by atoms with Crippen molar-refractivity contribution in [2.45, 2.75) is 13.8 Å². The molecule has 1 aliphatic rings. The number of hydrogen-bond acceptors (Lipinski definition) is 3. The Labute approximate surface area is 109 Å². The van der Waals surface area contributed by atoms with Crippen LogP contribution in [0, 0.1) is 17.3 Å². The molecule has 1 aromatic heterocycles. The van der Waals surface area contributed by atoms with Crippen LogP contribution in [-0.4, -0.2) is 22.0 Å². The molecule has 96 valence electrons. The Hall–Kier alpha value is -1.62. The Kier molecular flexibility index (Phi) is 3.02. The summed E-state index contributed by atoms with van der Waals surface area (Å²) >= 11 is 5.70. The number of pyridine rings is 1. The molecule has 1 amide bonds. The number of hydrogen-bond donors (Lipinski definition) is 2. The van der Waals surface area contributed by atoms with Gasteiger partial charge in [0.15, 0.2) is 0 Å². The van der Waals surface area contributed by atoms with E-state index in [1.54, 1.807) is 32.0 Å². The van der Waals surface area contributed by atoms with E-state index in [1.807, 2.05) is 0 Å². The van der Waals surface area contributed by atoms with Crippen LogP contribution in [0.2, 0.25) is 5.15 Å². The van der Waals surface area contributed by atoms with Crippen LogP contribution >= 0.6 is 11.6 Å². The minimum absolute atomic E-state index is 0.276. The Morgan fingerprint density at radius 1 is 1.39 bits per heavy atom. The first-order valence-corrected chi connectivity index (χ1v) is 5.88. The number of carbonyl (C=O) groups is 2. The van der Waals surface area contributed by atoms with Gasteiger partial charge in [-0.25, -0.2) is 4.98 Å². The molecule has 18 heavy (non-hydrogen) atoms. The molecule has 2 rings (SSSR count). The minimum atomic E-state index is -0.945. The van der Waals surface area contributed by atoms with E-state index in [2.05, 4.69) is 10.3 Å². The summed E-state index contributed by atoms with van der Waals surface area (Å²) in [6.07, 6.45) is 0. The van der Waals surface area contributed by atoms with Gasteiger partial charge in [0.25, 0.3) is 0 Å². The summed E-state index contributed by atoms with van der Waals surface area (Å²) < 4.78 is 0. The third-order valence-electron chi connectivity index (χ3n) is 3.34. The van der Waals surface area contributed by atoms with Gasteiger partial charge in [0, 0.05) is 0 Å². The molecule has 1 aliphatic carbocycles. The van der Waals surface area contributed by atoms with Crippen LogP contribution in [0.5, 0.6) is 0 Å². The molecule has 1 fully saturated rings. The van der Waals surface area contributed by atoms with Gasteiger partial charge in [-0.3, -0.25) is 9.59 Å². The van der Waals surface area contributed by atoms with E-state index in [0.29, 0.717) is 5.82 Å². The van der Waals surface area contributed by atoms with Gasteiger partial charge >= 0.3 is 5.97 Å². The molecule has 1 aromatic rings. The van der Waals surface area contributed by atoms with Crippen molar-refractivity contribution in [1.29, 1.82) is 0 Å². The predicted molar refractivity (Wildman–Crippen MR) is 66.3 cm³/mol. The van der Waals surface area contributed by atoms with Crippen molar-refractivity contribution in [3.8, 4) is 0 Å². The molecule has 1 heterocycles. The zero-order valence-electron chi connectivity index (χ0n) is 9.98. The highest BCUT2D eigenvalue weighted by Gasteiger charge is 2.65. The Bertz CT molecular complexity index is 516. The normalized spacial score (nSPS) is 24.4. The number of carboxylic acid groups (broad SMARTS) is 1. The lowest BCUT2D eigenvalue weighted by atomic mass is 10.1. The number of amides is 1. The summed E-state index contributed by atoms with van der Waals surface area (Å²) in [4.78, 5) is 26.9. The quantitative estimate of drug-likeness (QED) is 0.822. The fraction of sp³-hybridized carbons (Fsp3) is 0.417. The van der Waals surface area contributed by atoms with Crippen LogP contribution in [0.4, 0.5) is 5.82 Å². The number of anilines is 1. The Balaban J connectivity index is 2.08. The van der Waals surface area contributed by atoms with Gasteiger partial charge in [-0.1, -0.05) is 31.5 Å². The molecule has 2 N–H and O–H groups in total. The third-order valence-corrected chi connectivity index (χ3v) is 3.55. The Morgan fingerprint density at radius 3 is 2.56 bits per heavy atom. The standard InChI is InChI=1S/C12H13ClN2O3/c1-12(2)8(9(12)11(17)18)10(16)15-7-5-3-4-6(13)14-7/h3-5,8-9H,1-2H3,(H,17,18)(H,14,15,16). The van der Waals surface area contributed by atoms with Crippen LogP contribution in [0.3, 0.4) is 0 Å². The van der Waals surface area contributed by atoms with Gasteiger partial charge in [-0.15, -0.1) is 0 Å². The average molecular weight is 269 g/mol. The predicted octanol–water partition coefficient (Wildman–Crippen LogP) is 2.03. The molecular weight excluding hydrogens is 256 g/mol. The number of halogens is 1. The van der Waals surface area contributed by atoms with Crippen LogP contribution in [0.25, 0.3) is 0 Å². The molecule has 0 saturated heterocycles. The summed E-state index contributed by atoms with van der Waals surface area (Å²) in [5, 5.41) is 11.9. The molecule has 0 bridgehead atoms. The SMILES string of the molecule is CC1(C)C(C(=O)O)C1C(=O)Nc1cccc(Cl)n1. The van der Waals surface area contributed by atoms with E-state index in [9.17, 15) is 9.59 Å². The van der Waals surface area contributed by atoms with Crippen LogP contribution in [-0.2, 0) is 9.59 Å². The molecule has 0 aliphatic heterocycles. The lowest BCUT2D eigenvalue weighted by molar-refractivity contribution is -0.140. The first-order chi connectivity index (χ1) is 8.34. The van der Waals surface area contributed by atoms with Gasteiger partial charge in [0.2, 0.25) is 5.91 Å². The number of carboxylic acids is 1. The van der Waals surface area contributed by atoms with E-state index in [4.69, 9.17) is 16.7 Å². The van der Waals surface area contributed by atoms with Crippen LogP contribution < -0.4 is 5.32 Å². The number of carbonyl (C=O) groups excluding carboxylic acids is 1.